The van der Waals surface area contributed by atoms with Gasteiger partial charge in [0.05, 0.1) is 11.9 Å². The maximum atomic E-state index is 5.94. The molecule has 0 aliphatic rings. The number of aliphatic imine (C=N–C) groups is 1. The molecule has 2 heterocycles. The lowest BCUT2D eigenvalue weighted by Crippen LogP contribution is -1.79. The Morgan fingerprint density at radius 1 is 0.806 bits per heavy atom. The van der Waals surface area contributed by atoms with Gasteiger partial charge in [0.15, 0.2) is 5.58 Å². The Morgan fingerprint density at radius 2 is 1.52 bits per heavy atom. The molecule has 3 aromatic carbocycles. The number of fused-ring (bicyclic) bond motifs is 1. The third-order valence-corrected chi connectivity index (χ3v) is 5.47. The van der Waals surface area contributed by atoms with Crippen LogP contribution in [0.4, 0.5) is 5.69 Å². The minimum absolute atomic E-state index is 0.606. The normalized spacial score (nSPS) is 11.6. The molecule has 0 saturated heterocycles. The first kappa shape index (κ1) is 19.3. The average Bonchev–Trinajstić information content (AvgIpc) is 3.41. The van der Waals surface area contributed by atoms with Crippen molar-refractivity contribution in [3.63, 3.8) is 0 Å². The zero-order valence-electron chi connectivity index (χ0n) is 17.1. The van der Waals surface area contributed by atoms with E-state index >= 15 is 0 Å². The second kappa shape index (κ2) is 7.89. The number of benzene rings is 3. The summed E-state index contributed by atoms with van der Waals surface area (Å²) in [7, 11) is 0. The van der Waals surface area contributed by atoms with E-state index in [0.29, 0.717) is 16.7 Å². The summed E-state index contributed by atoms with van der Waals surface area (Å²) in [6, 6.07) is 23.2. The van der Waals surface area contributed by atoms with E-state index in [2.05, 4.69) is 29.9 Å². The van der Waals surface area contributed by atoms with Gasteiger partial charge in [0.2, 0.25) is 5.89 Å². The first-order valence-corrected chi connectivity index (χ1v) is 10.3. The fourth-order valence-corrected chi connectivity index (χ4v) is 3.45. The lowest BCUT2D eigenvalue weighted by atomic mass is 10.1. The molecule has 0 aliphatic carbocycles. The van der Waals surface area contributed by atoms with Gasteiger partial charge in [-0.1, -0.05) is 11.6 Å². The average molecular weight is 427 g/mol. The van der Waals surface area contributed by atoms with Crippen molar-refractivity contribution < 1.29 is 8.83 Å². The van der Waals surface area contributed by atoms with E-state index < -0.39 is 0 Å². The molecule has 4 nitrogen and oxygen atoms in total. The monoisotopic (exact) mass is 426 g/mol. The standard InChI is InChI=1S/C26H19ClN2O2/c1-16-13-23-25(14-17(16)2)31-26(29-23)19-5-9-21(10-6-19)28-15-22-11-12-24(30-22)18-3-7-20(27)8-4-18/h3-15H,1-2H3. The molecule has 0 atom stereocenters. The van der Waals surface area contributed by atoms with Crippen LogP contribution < -0.4 is 0 Å². The molecule has 5 heteroatoms. The summed E-state index contributed by atoms with van der Waals surface area (Å²) in [6.07, 6.45) is 1.71. The Morgan fingerprint density at radius 3 is 2.29 bits per heavy atom. The zero-order valence-corrected chi connectivity index (χ0v) is 17.9. The lowest BCUT2D eigenvalue weighted by Gasteiger charge is -1.97. The van der Waals surface area contributed by atoms with Crippen molar-refractivity contribution in [1.29, 1.82) is 0 Å². The SMILES string of the molecule is Cc1cc2nc(-c3ccc(N=Cc4ccc(-c5ccc(Cl)cc5)o4)cc3)oc2cc1C. The Kier molecular flexibility index (Phi) is 4.92. The number of hydrogen-bond acceptors (Lipinski definition) is 4. The van der Waals surface area contributed by atoms with Gasteiger partial charge in [-0.2, -0.15) is 0 Å². The van der Waals surface area contributed by atoms with E-state index in [9.17, 15) is 0 Å². The molecule has 5 aromatic rings. The van der Waals surface area contributed by atoms with Gasteiger partial charge in [-0.05, 0) is 97.8 Å². The second-order valence-corrected chi connectivity index (χ2v) is 7.87. The summed E-state index contributed by atoms with van der Waals surface area (Å²) in [4.78, 5) is 9.12. The van der Waals surface area contributed by atoms with Gasteiger partial charge in [0.1, 0.15) is 17.0 Å². The smallest absolute Gasteiger partial charge is 0.227 e. The van der Waals surface area contributed by atoms with Crippen LogP contribution in [0.5, 0.6) is 0 Å². The van der Waals surface area contributed by atoms with E-state index in [-0.39, 0.29) is 0 Å². The summed E-state index contributed by atoms with van der Waals surface area (Å²) in [5, 5.41) is 0.698. The molecule has 0 spiro atoms. The largest absolute Gasteiger partial charge is 0.455 e. The fraction of sp³-hybridized carbons (Fsp3) is 0.0769. The van der Waals surface area contributed by atoms with Gasteiger partial charge >= 0.3 is 0 Å². The Balaban J connectivity index is 1.34. The number of oxazole rings is 1. The highest BCUT2D eigenvalue weighted by Crippen LogP contribution is 2.28. The third-order valence-electron chi connectivity index (χ3n) is 5.21. The maximum absolute atomic E-state index is 5.94. The number of furan rings is 1. The first-order chi connectivity index (χ1) is 15.0. The highest BCUT2D eigenvalue weighted by Gasteiger charge is 2.10. The zero-order chi connectivity index (χ0) is 21.4. The summed E-state index contributed by atoms with van der Waals surface area (Å²) in [6.45, 7) is 4.15. The van der Waals surface area contributed by atoms with Crippen LogP contribution in [0.1, 0.15) is 16.9 Å². The lowest BCUT2D eigenvalue weighted by molar-refractivity contribution is 0.575. The molecule has 31 heavy (non-hydrogen) atoms. The predicted molar refractivity (Wildman–Crippen MR) is 125 cm³/mol. The van der Waals surface area contributed by atoms with Crippen molar-refractivity contribution in [2.45, 2.75) is 13.8 Å². The molecule has 0 aliphatic heterocycles. The van der Waals surface area contributed by atoms with E-state index in [1.165, 1.54) is 11.1 Å². The van der Waals surface area contributed by atoms with Crippen LogP contribution in [-0.2, 0) is 0 Å². The molecule has 0 fully saturated rings. The molecule has 0 bridgehead atoms. The molecule has 5 rings (SSSR count). The van der Waals surface area contributed by atoms with Crippen molar-refractivity contribution in [3.05, 3.63) is 94.7 Å². The minimum atomic E-state index is 0.606. The van der Waals surface area contributed by atoms with Crippen LogP contribution in [-0.4, -0.2) is 11.2 Å². The molecule has 0 amide bonds. The van der Waals surface area contributed by atoms with Gasteiger partial charge in [-0.3, -0.25) is 4.99 Å². The molecular formula is C26H19ClN2O2. The summed E-state index contributed by atoms with van der Waals surface area (Å²) in [5.74, 6) is 2.06. The molecule has 0 N–H and O–H groups in total. The Bertz CT molecular complexity index is 1360. The molecule has 0 unspecified atom stereocenters. The molecule has 0 saturated carbocycles. The van der Waals surface area contributed by atoms with Crippen LogP contribution in [0, 0.1) is 13.8 Å². The van der Waals surface area contributed by atoms with Crippen molar-refractivity contribution in [3.8, 4) is 22.8 Å². The second-order valence-electron chi connectivity index (χ2n) is 7.44. The summed E-state index contributed by atoms with van der Waals surface area (Å²) >= 11 is 5.94. The van der Waals surface area contributed by atoms with Gasteiger partial charge in [0, 0.05) is 16.1 Å². The van der Waals surface area contributed by atoms with Crippen molar-refractivity contribution in [2.24, 2.45) is 4.99 Å². The van der Waals surface area contributed by atoms with E-state index in [4.69, 9.17) is 20.4 Å². The minimum Gasteiger partial charge on any atom is -0.455 e. The summed E-state index contributed by atoms with van der Waals surface area (Å²) < 4.78 is 11.8. The van der Waals surface area contributed by atoms with E-state index in [1.54, 1.807) is 6.21 Å². The van der Waals surface area contributed by atoms with Gasteiger partial charge in [0.25, 0.3) is 0 Å². The number of hydrogen-bond donors (Lipinski definition) is 0. The number of aryl methyl sites for hydroxylation is 2. The Hall–Kier alpha value is -3.63. The van der Waals surface area contributed by atoms with Crippen LogP contribution in [0.3, 0.4) is 0 Å². The third kappa shape index (κ3) is 4.03. The highest BCUT2D eigenvalue weighted by molar-refractivity contribution is 6.30. The van der Waals surface area contributed by atoms with Gasteiger partial charge in [-0.15, -0.1) is 0 Å². The molecule has 152 valence electrons. The summed E-state index contributed by atoms with van der Waals surface area (Å²) in [5.41, 5.74) is 6.76. The van der Waals surface area contributed by atoms with E-state index in [1.807, 2.05) is 66.7 Å². The van der Waals surface area contributed by atoms with Crippen molar-refractivity contribution in [1.82, 2.24) is 4.98 Å². The quantitative estimate of drug-likeness (QED) is 0.276. The molecule has 0 radical (unpaired) electrons. The fourth-order valence-electron chi connectivity index (χ4n) is 3.32. The topological polar surface area (TPSA) is 51.5 Å². The first-order valence-electron chi connectivity index (χ1n) is 9.93. The van der Waals surface area contributed by atoms with Crippen LogP contribution in [0.2, 0.25) is 5.02 Å². The number of rotatable bonds is 4. The van der Waals surface area contributed by atoms with Crippen LogP contribution >= 0.6 is 11.6 Å². The maximum Gasteiger partial charge on any atom is 0.227 e. The van der Waals surface area contributed by atoms with Gasteiger partial charge in [-0.25, -0.2) is 4.98 Å². The van der Waals surface area contributed by atoms with E-state index in [0.717, 1.165) is 33.7 Å². The number of nitrogens with zero attached hydrogens (tertiary/aromatic N) is 2. The van der Waals surface area contributed by atoms with Crippen LogP contribution in [0.15, 0.2) is 86.6 Å². The van der Waals surface area contributed by atoms with Gasteiger partial charge < -0.3 is 8.83 Å². The molecule has 2 aromatic heterocycles. The van der Waals surface area contributed by atoms with Crippen LogP contribution in [0.25, 0.3) is 33.9 Å². The Labute approximate surface area is 184 Å². The van der Waals surface area contributed by atoms with Crippen molar-refractivity contribution in [2.75, 3.05) is 0 Å². The predicted octanol–water partition coefficient (Wildman–Crippen LogP) is 7.78. The highest BCUT2D eigenvalue weighted by atomic mass is 35.5. The number of halogens is 1. The molecular weight excluding hydrogens is 408 g/mol. The van der Waals surface area contributed by atoms with Crippen molar-refractivity contribution >= 4 is 34.6 Å². The number of aromatic nitrogens is 1.